The molecule has 1 aromatic rings. The summed E-state index contributed by atoms with van der Waals surface area (Å²) in [5.41, 5.74) is 0.876. The molecular weight excluding hydrogens is 294 g/mol. The van der Waals surface area contributed by atoms with Crippen LogP contribution in [0.4, 0.5) is 0 Å². The van der Waals surface area contributed by atoms with Crippen molar-refractivity contribution in [2.24, 2.45) is 7.05 Å². The third kappa shape index (κ3) is 2.64. The van der Waals surface area contributed by atoms with E-state index in [0.29, 0.717) is 13.0 Å². The number of rotatable bonds is 5. The van der Waals surface area contributed by atoms with Crippen molar-refractivity contribution in [3.8, 4) is 0 Å². The summed E-state index contributed by atoms with van der Waals surface area (Å²) in [5, 5.41) is -0.153. The Kier molecular flexibility index (Phi) is 3.37. The minimum absolute atomic E-state index is 0.153. The van der Waals surface area contributed by atoms with E-state index in [1.165, 1.54) is 0 Å². The molecule has 7 heteroatoms. The van der Waals surface area contributed by atoms with Crippen molar-refractivity contribution in [3.63, 3.8) is 0 Å². The fraction of sp³-hybridized carbons (Fsp3) is 0.667. The normalized spacial score (nSPS) is 16.6. The van der Waals surface area contributed by atoms with Crippen LogP contribution >= 0.6 is 15.9 Å². The molecule has 5 nitrogen and oxygen atoms in total. The Balaban J connectivity index is 1.86. The SMILES string of the molecule is Cn1cnc(CCNS(=O)(=O)C2CC2)c1Br. The van der Waals surface area contributed by atoms with Gasteiger partial charge < -0.3 is 4.57 Å². The number of aromatic nitrogens is 2. The largest absolute Gasteiger partial charge is 0.328 e. The number of halogens is 1. The summed E-state index contributed by atoms with van der Waals surface area (Å²) in [6.07, 6.45) is 3.90. The Morgan fingerprint density at radius 2 is 2.31 bits per heavy atom. The van der Waals surface area contributed by atoms with Gasteiger partial charge in [-0.3, -0.25) is 0 Å². The average Bonchev–Trinajstić information content (AvgIpc) is 3.01. The maximum absolute atomic E-state index is 11.5. The van der Waals surface area contributed by atoms with Gasteiger partial charge in [0, 0.05) is 20.0 Å². The molecule has 1 aromatic heterocycles. The standard InChI is InChI=1S/C9H14BrN3O2S/c1-13-6-11-8(9(13)10)4-5-12-16(14,15)7-2-3-7/h6-7,12H,2-5H2,1H3. The van der Waals surface area contributed by atoms with E-state index in [1.54, 1.807) is 6.33 Å². The van der Waals surface area contributed by atoms with E-state index in [2.05, 4.69) is 25.6 Å². The molecule has 0 amide bonds. The van der Waals surface area contributed by atoms with Crippen LogP contribution in [-0.4, -0.2) is 29.8 Å². The zero-order valence-corrected chi connectivity index (χ0v) is 11.4. The number of aryl methyl sites for hydroxylation is 1. The van der Waals surface area contributed by atoms with Gasteiger partial charge in [0.15, 0.2) is 0 Å². The molecule has 0 unspecified atom stereocenters. The molecule has 1 aliphatic carbocycles. The van der Waals surface area contributed by atoms with Crippen LogP contribution in [0.5, 0.6) is 0 Å². The Morgan fingerprint density at radius 3 is 2.81 bits per heavy atom. The number of hydrogen-bond acceptors (Lipinski definition) is 3. The molecule has 0 bridgehead atoms. The van der Waals surface area contributed by atoms with Crippen LogP contribution in [0.15, 0.2) is 10.9 Å². The van der Waals surface area contributed by atoms with Gasteiger partial charge in [0.05, 0.1) is 17.3 Å². The van der Waals surface area contributed by atoms with Crippen molar-refractivity contribution in [2.45, 2.75) is 24.5 Å². The van der Waals surface area contributed by atoms with Gasteiger partial charge in [-0.2, -0.15) is 0 Å². The van der Waals surface area contributed by atoms with E-state index < -0.39 is 10.0 Å². The summed E-state index contributed by atoms with van der Waals surface area (Å²) >= 11 is 3.40. The molecule has 1 saturated carbocycles. The van der Waals surface area contributed by atoms with Crippen molar-refractivity contribution in [2.75, 3.05) is 6.54 Å². The second kappa shape index (κ2) is 4.46. The lowest BCUT2D eigenvalue weighted by atomic mass is 10.3. The lowest BCUT2D eigenvalue weighted by Crippen LogP contribution is -2.29. The molecule has 0 atom stereocenters. The first-order chi connectivity index (χ1) is 7.50. The monoisotopic (exact) mass is 307 g/mol. The van der Waals surface area contributed by atoms with Crippen molar-refractivity contribution in [1.29, 1.82) is 0 Å². The minimum atomic E-state index is -3.06. The second-order valence-corrected chi connectivity index (χ2v) is 6.78. The van der Waals surface area contributed by atoms with Crippen LogP contribution in [0.25, 0.3) is 0 Å². The highest BCUT2D eigenvalue weighted by Crippen LogP contribution is 2.27. The Hall–Kier alpha value is -0.400. The molecule has 1 N–H and O–H groups in total. The van der Waals surface area contributed by atoms with E-state index in [0.717, 1.165) is 23.1 Å². The van der Waals surface area contributed by atoms with Gasteiger partial charge in [0.2, 0.25) is 10.0 Å². The molecule has 0 radical (unpaired) electrons. The summed E-state index contributed by atoms with van der Waals surface area (Å²) in [6, 6.07) is 0. The van der Waals surface area contributed by atoms with E-state index in [1.807, 2.05) is 11.6 Å². The van der Waals surface area contributed by atoms with Crippen molar-refractivity contribution in [3.05, 3.63) is 16.6 Å². The molecule has 16 heavy (non-hydrogen) atoms. The smallest absolute Gasteiger partial charge is 0.214 e. The highest BCUT2D eigenvalue weighted by molar-refractivity contribution is 9.10. The first-order valence-electron chi connectivity index (χ1n) is 5.15. The first kappa shape index (κ1) is 12.1. The zero-order chi connectivity index (χ0) is 11.8. The van der Waals surface area contributed by atoms with E-state index in [9.17, 15) is 8.42 Å². The molecule has 0 aliphatic heterocycles. The van der Waals surface area contributed by atoms with Gasteiger partial charge in [-0.25, -0.2) is 18.1 Å². The van der Waals surface area contributed by atoms with E-state index >= 15 is 0 Å². The number of imidazole rings is 1. The summed E-state index contributed by atoms with van der Waals surface area (Å²) < 4.78 is 28.4. The van der Waals surface area contributed by atoms with E-state index in [4.69, 9.17) is 0 Å². The molecule has 1 fully saturated rings. The third-order valence-electron chi connectivity index (χ3n) is 2.56. The molecule has 1 aliphatic rings. The third-order valence-corrected chi connectivity index (χ3v) is 5.54. The fourth-order valence-electron chi connectivity index (χ4n) is 1.44. The minimum Gasteiger partial charge on any atom is -0.328 e. The predicted molar refractivity (Wildman–Crippen MR) is 64.6 cm³/mol. The topological polar surface area (TPSA) is 64.0 Å². The van der Waals surface area contributed by atoms with Crippen LogP contribution < -0.4 is 4.72 Å². The van der Waals surface area contributed by atoms with Crippen molar-refractivity contribution < 1.29 is 8.42 Å². The summed E-state index contributed by atoms with van der Waals surface area (Å²) in [4.78, 5) is 4.18. The lowest BCUT2D eigenvalue weighted by molar-refractivity contribution is 0.580. The summed E-state index contributed by atoms with van der Waals surface area (Å²) in [5.74, 6) is 0. The quantitative estimate of drug-likeness (QED) is 0.875. The Bertz CT molecular complexity index is 479. The number of hydrogen-bond donors (Lipinski definition) is 1. The maximum Gasteiger partial charge on any atom is 0.214 e. The molecule has 90 valence electrons. The number of sulfonamides is 1. The molecule has 0 spiro atoms. The number of nitrogens with zero attached hydrogens (tertiary/aromatic N) is 2. The highest BCUT2D eigenvalue weighted by atomic mass is 79.9. The number of nitrogens with one attached hydrogen (secondary N) is 1. The van der Waals surface area contributed by atoms with Crippen LogP contribution in [0.2, 0.25) is 0 Å². The van der Waals surface area contributed by atoms with Gasteiger partial charge in [-0.1, -0.05) is 0 Å². The van der Waals surface area contributed by atoms with Gasteiger partial charge >= 0.3 is 0 Å². The summed E-state index contributed by atoms with van der Waals surface area (Å²) in [6.45, 7) is 0.411. The van der Waals surface area contributed by atoms with Crippen molar-refractivity contribution in [1.82, 2.24) is 14.3 Å². The average molecular weight is 308 g/mol. The Labute approximate surface area is 103 Å². The Morgan fingerprint density at radius 1 is 1.62 bits per heavy atom. The molecule has 0 saturated heterocycles. The van der Waals surface area contributed by atoms with Crippen LogP contribution in [-0.2, 0) is 23.5 Å². The summed E-state index contributed by atoms with van der Waals surface area (Å²) in [7, 11) is -1.18. The lowest BCUT2D eigenvalue weighted by Gasteiger charge is -2.04. The van der Waals surface area contributed by atoms with Crippen molar-refractivity contribution >= 4 is 26.0 Å². The first-order valence-corrected chi connectivity index (χ1v) is 7.49. The molecular formula is C9H14BrN3O2S. The van der Waals surface area contributed by atoms with Gasteiger partial charge in [-0.05, 0) is 28.8 Å². The van der Waals surface area contributed by atoms with Crippen LogP contribution in [0, 0.1) is 0 Å². The zero-order valence-electron chi connectivity index (χ0n) is 8.98. The molecule has 2 rings (SSSR count). The highest BCUT2D eigenvalue weighted by Gasteiger charge is 2.35. The molecule has 0 aromatic carbocycles. The maximum atomic E-state index is 11.5. The van der Waals surface area contributed by atoms with Crippen LogP contribution in [0.3, 0.4) is 0 Å². The van der Waals surface area contributed by atoms with Gasteiger partial charge in [0.25, 0.3) is 0 Å². The van der Waals surface area contributed by atoms with E-state index in [-0.39, 0.29) is 5.25 Å². The van der Waals surface area contributed by atoms with Gasteiger partial charge in [-0.15, -0.1) is 0 Å². The van der Waals surface area contributed by atoms with Crippen LogP contribution in [0.1, 0.15) is 18.5 Å². The predicted octanol–water partition coefficient (Wildman–Crippen LogP) is 0.807. The fourth-order valence-corrected chi connectivity index (χ4v) is 3.21. The second-order valence-electron chi connectivity index (χ2n) is 3.98. The van der Waals surface area contributed by atoms with Gasteiger partial charge in [0.1, 0.15) is 4.60 Å². The molecule has 1 heterocycles.